The van der Waals surface area contributed by atoms with E-state index < -0.39 is 18.0 Å². The molecule has 0 saturated heterocycles. The van der Waals surface area contributed by atoms with Crippen LogP contribution in [0.2, 0.25) is 0 Å². The van der Waals surface area contributed by atoms with Gasteiger partial charge in [0.2, 0.25) is 0 Å². The van der Waals surface area contributed by atoms with Crippen molar-refractivity contribution in [2.24, 2.45) is 0 Å². The lowest BCUT2D eigenvalue weighted by Gasteiger charge is -2.15. The summed E-state index contributed by atoms with van der Waals surface area (Å²) in [6.07, 6.45) is 1.08. The Morgan fingerprint density at radius 3 is 2.58 bits per heavy atom. The van der Waals surface area contributed by atoms with Gasteiger partial charge < -0.3 is 15.7 Å². The number of carbonyl (C=O) groups excluding carboxylic acids is 1. The van der Waals surface area contributed by atoms with Crippen LogP contribution in [-0.2, 0) is 4.79 Å². The minimum absolute atomic E-state index is 0.397. The summed E-state index contributed by atoms with van der Waals surface area (Å²) in [7, 11) is 0. The standard InChI is InChI=1S/C13H19N3O3/c1-4-5-11(12(17)18)16-13(19)15-10-7-6-8(2)14-9(10)3/h6-7,11H,4-5H2,1-3H3,(H,17,18)(H2,15,16,19). The van der Waals surface area contributed by atoms with Gasteiger partial charge in [-0.05, 0) is 32.4 Å². The SMILES string of the molecule is CCCC(NC(=O)Nc1ccc(C)nc1C)C(=O)O. The van der Waals surface area contributed by atoms with Gasteiger partial charge >= 0.3 is 12.0 Å². The van der Waals surface area contributed by atoms with Gasteiger partial charge in [-0.3, -0.25) is 4.98 Å². The highest BCUT2D eigenvalue weighted by Crippen LogP contribution is 2.12. The van der Waals surface area contributed by atoms with Crippen LogP contribution in [0.3, 0.4) is 0 Å². The molecule has 0 aliphatic carbocycles. The Hall–Kier alpha value is -2.11. The van der Waals surface area contributed by atoms with Crippen LogP contribution in [0.1, 0.15) is 31.2 Å². The lowest BCUT2D eigenvalue weighted by molar-refractivity contribution is -0.139. The molecule has 0 fully saturated rings. The second kappa shape index (κ2) is 6.72. The number of anilines is 1. The molecule has 19 heavy (non-hydrogen) atoms. The van der Waals surface area contributed by atoms with Gasteiger partial charge in [-0.25, -0.2) is 9.59 Å². The van der Waals surface area contributed by atoms with Gasteiger partial charge in [0.15, 0.2) is 0 Å². The molecule has 6 heteroatoms. The lowest BCUT2D eigenvalue weighted by Crippen LogP contribution is -2.43. The van der Waals surface area contributed by atoms with Gasteiger partial charge in [-0.2, -0.15) is 0 Å². The minimum atomic E-state index is -1.03. The van der Waals surface area contributed by atoms with Crippen molar-refractivity contribution in [2.45, 2.75) is 39.7 Å². The van der Waals surface area contributed by atoms with E-state index in [9.17, 15) is 9.59 Å². The first kappa shape index (κ1) is 14.9. The van der Waals surface area contributed by atoms with Crippen molar-refractivity contribution in [3.8, 4) is 0 Å². The topological polar surface area (TPSA) is 91.3 Å². The maximum absolute atomic E-state index is 11.7. The number of carbonyl (C=O) groups is 2. The summed E-state index contributed by atoms with van der Waals surface area (Å²) in [5.74, 6) is -1.03. The van der Waals surface area contributed by atoms with Gasteiger partial charge in [-0.1, -0.05) is 13.3 Å². The Morgan fingerprint density at radius 1 is 1.37 bits per heavy atom. The molecule has 1 rings (SSSR count). The van der Waals surface area contributed by atoms with Gasteiger partial charge in [0.1, 0.15) is 6.04 Å². The zero-order chi connectivity index (χ0) is 14.4. The maximum atomic E-state index is 11.7. The number of carboxylic acids is 1. The number of hydrogen-bond donors (Lipinski definition) is 3. The number of aryl methyl sites for hydroxylation is 2. The Labute approximate surface area is 112 Å². The van der Waals surface area contributed by atoms with E-state index in [1.807, 2.05) is 13.8 Å². The van der Waals surface area contributed by atoms with Crippen LogP contribution in [0, 0.1) is 13.8 Å². The summed E-state index contributed by atoms with van der Waals surface area (Å²) < 4.78 is 0. The zero-order valence-electron chi connectivity index (χ0n) is 11.4. The molecule has 0 bridgehead atoms. The quantitative estimate of drug-likeness (QED) is 0.760. The number of hydrogen-bond acceptors (Lipinski definition) is 3. The molecule has 1 unspecified atom stereocenters. The number of pyridine rings is 1. The summed E-state index contributed by atoms with van der Waals surface area (Å²) >= 11 is 0. The second-order valence-electron chi connectivity index (χ2n) is 4.36. The summed E-state index contributed by atoms with van der Waals surface area (Å²) in [6, 6.07) is 2.12. The molecule has 0 aliphatic rings. The Bertz CT molecular complexity index is 474. The van der Waals surface area contributed by atoms with E-state index in [0.29, 0.717) is 24.2 Å². The third-order valence-corrected chi connectivity index (χ3v) is 2.65. The van der Waals surface area contributed by atoms with Crippen LogP contribution in [-0.4, -0.2) is 28.1 Å². The number of aromatic nitrogens is 1. The van der Waals surface area contributed by atoms with Gasteiger partial charge in [0.25, 0.3) is 0 Å². The van der Waals surface area contributed by atoms with E-state index >= 15 is 0 Å². The van der Waals surface area contributed by atoms with Crippen molar-refractivity contribution < 1.29 is 14.7 Å². The molecule has 0 aliphatic heterocycles. The molecule has 6 nitrogen and oxygen atoms in total. The van der Waals surface area contributed by atoms with Crippen molar-refractivity contribution in [3.05, 3.63) is 23.5 Å². The normalized spacial score (nSPS) is 11.7. The number of nitrogens with zero attached hydrogens (tertiary/aromatic N) is 1. The Balaban J connectivity index is 2.66. The summed E-state index contributed by atoms with van der Waals surface area (Å²) in [4.78, 5) is 26.9. The molecule has 0 spiro atoms. The summed E-state index contributed by atoms with van der Waals surface area (Å²) in [5.41, 5.74) is 2.12. The fourth-order valence-electron chi connectivity index (χ4n) is 1.68. The molecule has 104 valence electrons. The third-order valence-electron chi connectivity index (χ3n) is 2.65. The average molecular weight is 265 g/mol. The van der Waals surface area contributed by atoms with Crippen molar-refractivity contribution in [3.63, 3.8) is 0 Å². The smallest absolute Gasteiger partial charge is 0.326 e. The van der Waals surface area contributed by atoms with E-state index in [1.54, 1.807) is 19.1 Å². The number of carboxylic acid groups (broad SMARTS) is 1. The fraction of sp³-hybridized carbons (Fsp3) is 0.462. The number of amides is 2. The average Bonchev–Trinajstić information content (AvgIpc) is 2.32. The molecule has 1 aromatic rings. The van der Waals surface area contributed by atoms with Crippen molar-refractivity contribution in [2.75, 3.05) is 5.32 Å². The van der Waals surface area contributed by atoms with Crippen LogP contribution in [0.5, 0.6) is 0 Å². The van der Waals surface area contributed by atoms with E-state index in [1.165, 1.54) is 0 Å². The molecule has 1 heterocycles. The highest BCUT2D eigenvalue weighted by atomic mass is 16.4. The number of aliphatic carboxylic acids is 1. The monoisotopic (exact) mass is 265 g/mol. The van der Waals surface area contributed by atoms with E-state index in [4.69, 9.17) is 5.11 Å². The molecule has 1 atom stereocenters. The minimum Gasteiger partial charge on any atom is -0.480 e. The van der Waals surface area contributed by atoms with Crippen molar-refractivity contribution in [1.82, 2.24) is 10.3 Å². The maximum Gasteiger partial charge on any atom is 0.326 e. The molecular weight excluding hydrogens is 246 g/mol. The van der Waals surface area contributed by atoms with Crippen LogP contribution in [0.4, 0.5) is 10.5 Å². The van der Waals surface area contributed by atoms with Crippen LogP contribution < -0.4 is 10.6 Å². The molecule has 0 aromatic carbocycles. The lowest BCUT2D eigenvalue weighted by atomic mass is 10.2. The highest BCUT2D eigenvalue weighted by molar-refractivity contribution is 5.92. The first-order valence-corrected chi connectivity index (χ1v) is 6.18. The summed E-state index contributed by atoms with van der Waals surface area (Å²) in [5, 5.41) is 14.0. The molecule has 1 aromatic heterocycles. The van der Waals surface area contributed by atoms with Crippen LogP contribution >= 0.6 is 0 Å². The van der Waals surface area contributed by atoms with Crippen LogP contribution in [0.25, 0.3) is 0 Å². The highest BCUT2D eigenvalue weighted by Gasteiger charge is 2.18. The van der Waals surface area contributed by atoms with Gasteiger partial charge in [0.05, 0.1) is 11.4 Å². The number of rotatable bonds is 5. The summed E-state index contributed by atoms with van der Waals surface area (Å²) in [6.45, 7) is 5.51. The van der Waals surface area contributed by atoms with Gasteiger partial charge in [0, 0.05) is 5.69 Å². The molecule has 0 saturated carbocycles. The largest absolute Gasteiger partial charge is 0.480 e. The second-order valence-corrected chi connectivity index (χ2v) is 4.36. The molecule has 2 amide bonds. The van der Waals surface area contributed by atoms with E-state index in [0.717, 1.165) is 5.69 Å². The Morgan fingerprint density at radius 2 is 2.05 bits per heavy atom. The number of urea groups is 1. The van der Waals surface area contributed by atoms with Gasteiger partial charge in [-0.15, -0.1) is 0 Å². The number of nitrogens with one attached hydrogen (secondary N) is 2. The molecule has 0 radical (unpaired) electrons. The van der Waals surface area contributed by atoms with Crippen molar-refractivity contribution in [1.29, 1.82) is 0 Å². The first-order valence-electron chi connectivity index (χ1n) is 6.18. The van der Waals surface area contributed by atoms with Crippen LogP contribution in [0.15, 0.2) is 12.1 Å². The predicted molar refractivity (Wildman–Crippen MR) is 72.2 cm³/mol. The third kappa shape index (κ3) is 4.57. The van der Waals surface area contributed by atoms with E-state index in [2.05, 4.69) is 15.6 Å². The van der Waals surface area contributed by atoms with Crippen molar-refractivity contribution >= 4 is 17.7 Å². The first-order chi connectivity index (χ1) is 8.93. The fourth-order valence-corrected chi connectivity index (χ4v) is 1.68. The molecule has 3 N–H and O–H groups in total. The molecular formula is C13H19N3O3. The predicted octanol–water partition coefficient (Wildman–Crippen LogP) is 2.07. The van der Waals surface area contributed by atoms with E-state index in [-0.39, 0.29) is 0 Å². The zero-order valence-corrected chi connectivity index (χ0v) is 11.4. The Kier molecular flexibility index (Phi) is 5.29.